The number of hydrogen-bond acceptors (Lipinski definition) is 3. The third kappa shape index (κ3) is 2.35. The first-order chi connectivity index (χ1) is 11.6. The summed E-state index contributed by atoms with van der Waals surface area (Å²) in [5.41, 5.74) is 1.74. The number of pyridine rings is 1. The maximum Gasteiger partial charge on any atom is 0.255 e. The van der Waals surface area contributed by atoms with E-state index in [1.807, 2.05) is 49.2 Å². The van der Waals surface area contributed by atoms with E-state index in [0.717, 1.165) is 42.4 Å². The minimum absolute atomic E-state index is 0.0298. The van der Waals surface area contributed by atoms with E-state index in [9.17, 15) is 9.59 Å². The van der Waals surface area contributed by atoms with Gasteiger partial charge in [-0.05, 0) is 37.3 Å². The first kappa shape index (κ1) is 15.4. The van der Waals surface area contributed by atoms with Crippen LogP contribution in [0.5, 0.6) is 0 Å². The summed E-state index contributed by atoms with van der Waals surface area (Å²) >= 11 is 0. The molecule has 0 unspecified atom stereocenters. The molecule has 2 aromatic rings. The summed E-state index contributed by atoms with van der Waals surface area (Å²) in [4.78, 5) is 29.5. The Balaban J connectivity index is 1.68. The summed E-state index contributed by atoms with van der Waals surface area (Å²) in [5, 5.41) is 1.06. The lowest BCUT2D eigenvalue weighted by Gasteiger charge is -2.41. The van der Waals surface area contributed by atoms with E-state index in [1.54, 1.807) is 4.57 Å². The fourth-order valence-corrected chi connectivity index (χ4v) is 4.16. The van der Waals surface area contributed by atoms with Gasteiger partial charge in [0.1, 0.15) is 0 Å². The van der Waals surface area contributed by atoms with Crippen molar-refractivity contribution in [3.63, 3.8) is 0 Å². The van der Waals surface area contributed by atoms with Crippen molar-refractivity contribution in [2.24, 2.45) is 7.05 Å². The predicted molar refractivity (Wildman–Crippen MR) is 93.8 cm³/mol. The van der Waals surface area contributed by atoms with Crippen molar-refractivity contribution >= 4 is 16.8 Å². The lowest BCUT2D eigenvalue weighted by Crippen LogP contribution is -2.58. The van der Waals surface area contributed by atoms with Crippen molar-refractivity contribution in [2.75, 3.05) is 13.1 Å². The predicted octanol–water partition coefficient (Wildman–Crippen LogP) is 1.73. The van der Waals surface area contributed by atoms with Crippen LogP contribution in [0.1, 0.15) is 25.3 Å². The van der Waals surface area contributed by atoms with Crippen molar-refractivity contribution < 1.29 is 4.79 Å². The SMILES string of the molecule is C[C@@H]1C(=O)N2CCC[C@@H]2CN1Cc1cc2ccccc2n(C)c1=O. The van der Waals surface area contributed by atoms with Crippen molar-refractivity contribution in [2.45, 2.75) is 38.4 Å². The second-order valence-corrected chi connectivity index (χ2v) is 7.03. The van der Waals surface area contributed by atoms with Gasteiger partial charge in [-0.3, -0.25) is 14.5 Å². The highest BCUT2D eigenvalue weighted by atomic mass is 16.2. The number of fused-ring (bicyclic) bond motifs is 2. The first-order valence-electron chi connectivity index (χ1n) is 8.68. The van der Waals surface area contributed by atoms with E-state index >= 15 is 0 Å². The molecule has 2 saturated heterocycles. The second kappa shape index (κ2) is 5.74. The lowest BCUT2D eigenvalue weighted by atomic mass is 10.1. The number of hydrogen-bond donors (Lipinski definition) is 0. The number of rotatable bonds is 2. The Hall–Kier alpha value is -2.14. The number of carbonyl (C=O) groups is 1. The summed E-state index contributed by atoms with van der Waals surface area (Å²) in [7, 11) is 1.82. The molecule has 2 aliphatic rings. The zero-order chi connectivity index (χ0) is 16.8. The van der Waals surface area contributed by atoms with Crippen LogP contribution in [-0.2, 0) is 18.4 Å². The number of benzene rings is 1. The molecule has 3 heterocycles. The molecule has 2 atom stereocenters. The van der Waals surface area contributed by atoms with Gasteiger partial charge in [0.05, 0.1) is 11.6 Å². The van der Waals surface area contributed by atoms with Crippen LogP contribution < -0.4 is 5.56 Å². The largest absolute Gasteiger partial charge is 0.337 e. The maximum atomic E-state index is 12.7. The molecule has 0 N–H and O–H groups in total. The molecule has 0 spiro atoms. The quantitative estimate of drug-likeness (QED) is 0.845. The van der Waals surface area contributed by atoms with Crippen LogP contribution in [0.3, 0.4) is 0 Å². The third-order valence-electron chi connectivity index (χ3n) is 5.59. The number of carbonyl (C=O) groups excluding carboxylic acids is 1. The lowest BCUT2D eigenvalue weighted by molar-refractivity contribution is -0.143. The van der Waals surface area contributed by atoms with Crippen LogP contribution >= 0.6 is 0 Å². The van der Waals surface area contributed by atoms with Crippen LogP contribution in [0.2, 0.25) is 0 Å². The molecule has 1 aromatic heterocycles. The molecule has 24 heavy (non-hydrogen) atoms. The molecule has 1 amide bonds. The number of piperazine rings is 1. The molecule has 4 rings (SSSR count). The van der Waals surface area contributed by atoms with Gasteiger partial charge in [-0.25, -0.2) is 0 Å². The minimum Gasteiger partial charge on any atom is -0.337 e. The van der Waals surface area contributed by atoms with E-state index in [2.05, 4.69) is 4.90 Å². The highest BCUT2D eigenvalue weighted by Crippen LogP contribution is 2.26. The van der Waals surface area contributed by atoms with Crippen LogP contribution in [-0.4, -0.2) is 45.4 Å². The molecule has 1 aromatic carbocycles. The molecule has 2 aliphatic heterocycles. The average molecular weight is 325 g/mol. The summed E-state index contributed by atoms with van der Waals surface area (Å²) in [5.74, 6) is 0.210. The molecule has 2 fully saturated rings. The Morgan fingerprint density at radius 3 is 2.83 bits per heavy atom. The fourth-order valence-electron chi connectivity index (χ4n) is 4.16. The van der Waals surface area contributed by atoms with Gasteiger partial charge >= 0.3 is 0 Å². The average Bonchev–Trinajstić information content (AvgIpc) is 3.05. The smallest absolute Gasteiger partial charge is 0.255 e. The Morgan fingerprint density at radius 2 is 2.00 bits per heavy atom. The molecular weight excluding hydrogens is 302 g/mol. The van der Waals surface area contributed by atoms with Gasteiger partial charge in [0.25, 0.3) is 5.56 Å². The molecule has 0 bridgehead atoms. The zero-order valence-electron chi connectivity index (χ0n) is 14.2. The highest BCUT2D eigenvalue weighted by molar-refractivity contribution is 5.83. The van der Waals surface area contributed by atoms with E-state index in [4.69, 9.17) is 0 Å². The van der Waals surface area contributed by atoms with Crippen LogP contribution in [0.4, 0.5) is 0 Å². The van der Waals surface area contributed by atoms with Gasteiger partial charge in [-0.2, -0.15) is 0 Å². The van der Waals surface area contributed by atoms with Crippen LogP contribution in [0.15, 0.2) is 35.1 Å². The van der Waals surface area contributed by atoms with Crippen LogP contribution in [0, 0.1) is 0 Å². The molecule has 5 heteroatoms. The second-order valence-electron chi connectivity index (χ2n) is 7.03. The molecule has 0 radical (unpaired) electrons. The fraction of sp³-hybridized carbons (Fsp3) is 0.474. The first-order valence-corrected chi connectivity index (χ1v) is 8.68. The van der Waals surface area contributed by atoms with Gasteiger partial charge in [0, 0.05) is 38.3 Å². The van der Waals surface area contributed by atoms with E-state index in [-0.39, 0.29) is 17.5 Å². The molecule has 0 saturated carbocycles. The molecular formula is C19H23N3O2. The molecule has 5 nitrogen and oxygen atoms in total. The third-order valence-corrected chi connectivity index (χ3v) is 5.59. The number of para-hydroxylation sites is 1. The normalized spacial score (nSPS) is 24.6. The monoisotopic (exact) mass is 325 g/mol. The van der Waals surface area contributed by atoms with Crippen molar-refractivity contribution in [3.8, 4) is 0 Å². The number of aryl methyl sites for hydroxylation is 1. The Morgan fingerprint density at radius 1 is 1.21 bits per heavy atom. The maximum absolute atomic E-state index is 12.7. The molecule has 0 aliphatic carbocycles. The van der Waals surface area contributed by atoms with Gasteiger partial charge in [0.2, 0.25) is 5.91 Å². The van der Waals surface area contributed by atoms with Crippen LogP contribution in [0.25, 0.3) is 10.9 Å². The number of amides is 1. The number of aromatic nitrogens is 1. The topological polar surface area (TPSA) is 45.6 Å². The number of nitrogens with zero attached hydrogens (tertiary/aromatic N) is 3. The van der Waals surface area contributed by atoms with E-state index in [1.165, 1.54) is 0 Å². The minimum atomic E-state index is -0.157. The summed E-state index contributed by atoms with van der Waals surface area (Å²) < 4.78 is 1.71. The van der Waals surface area contributed by atoms with E-state index < -0.39 is 0 Å². The van der Waals surface area contributed by atoms with Crippen molar-refractivity contribution in [3.05, 3.63) is 46.2 Å². The van der Waals surface area contributed by atoms with Gasteiger partial charge < -0.3 is 9.47 Å². The molecule has 126 valence electrons. The summed E-state index contributed by atoms with van der Waals surface area (Å²) in [6.07, 6.45) is 2.17. The zero-order valence-corrected chi connectivity index (χ0v) is 14.2. The Labute approximate surface area is 141 Å². The Kier molecular flexibility index (Phi) is 3.68. The summed E-state index contributed by atoms with van der Waals surface area (Å²) in [6.45, 7) is 4.25. The van der Waals surface area contributed by atoms with Crippen molar-refractivity contribution in [1.82, 2.24) is 14.4 Å². The summed E-state index contributed by atoms with van der Waals surface area (Å²) in [6, 6.07) is 10.1. The van der Waals surface area contributed by atoms with Gasteiger partial charge in [0.15, 0.2) is 0 Å². The Bertz CT molecular complexity index is 857. The van der Waals surface area contributed by atoms with Gasteiger partial charge in [-0.1, -0.05) is 18.2 Å². The standard InChI is InChI=1S/C19H23N3O2/c1-13-18(23)22-9-5-7-16(22)12-21(13)11-15-10-14-6-3-4-8-17(14)20(2)19(15)24/h3-4,6,8,10,13,16H,5,7,9,11-12H2,1-2H3/t13-,16-/m1/s1. The van der Waals surface area contributed by atoms with E-state index in [0.29, 0.717) is 12.6 Å². The van der Waals surface area contributed by atoms with Crippen molar-refractivity contribution in [1.29, 1.82) is 0 Å². The highest BCUT2D eigenvalue weighted by Gasteiger charge is 2.40. The van der Waals surface area contributed by atoms with Gasteiger partial charge in [-0.15, -0.1) is 0 Å².